The smallest absolute Gasteiger partial charge is 0.226 e. The van der Waals surface area contributed by atoms with E-state index in [1.165, 1.54) is 11.1 Å². The molecule has 4 heteroatoms. The summed E-state index contributed by atoms with van der Waals surface area (Å²) in [5, 5.41) is 0. The van der Waals surface area contributed by atoms with Gasteiger partial charge in [-0.1, -0.05) is 42.5 Å². The minimum atomic E-state index is 0.204. The molecule has 2 fully saturated rings. The quantitative estimate of drug-likeness (QED) is 0.789. The Morgan fingerprint density at radius 2 is 1.81 bits per heavy atom. The van der Waals surface area contributed by atoms with Gasteiger partial charge in [0.15, 0.2) is 0 Å². The molecule has 0 aromatic heterocycles. The second kappa shape index (κ2) is 8.13. The van der Waals surface area contributed by atoms with Crippen LogP contribution < -0.4 is 4.74 Å². The van der Waals surface area contributed by atoms with Crippen LogP contribution in [0.3, 0.4) is 0 Å². The first-order valence-corrected chi connectivity index (χ1v) is 9.93. The molecule has 2 aromatic rings. The number of methoxy groups -OCH3 is 1. The van der Waals surface area contributed by atoms with Gasteiger partial charge in [-0.25, -0.2) is 0 Å². The van der Waals surface area contributed by atoms with Gasteiger partial charge in [-0.2, -0.15) is 0 Å². The molecule has 2 atom stereocenters. The highest BCUT2D eigenvalue weighted by Crippen LogP contribution is 2.48. The first-order chi connectivity index (χ1) is 13.2. The van der Waals surface area contributed by atoms with Crippen molar-refractivity contribution in [3.8, 4) is 5.75 Å². The summed E-state index contributed by atoms with van der Waals surface area (Å²) in [6, 6.07) is 18.7. The molecule has 142 valence electrons. The van der Waals surface area contributed by atoms with E-state index in [0.29, 0.717) is 11.8 Å². The molecular weight excluding hydrogens is 336 g/mol. The summed E-state index contributed by atoms with van der Waals surface area (Å²) in [4.78, 5) is 17.3. The highest BCUT2D eigenvalue weighted by Gasteiger charge is 2.45. The van der Waals surface area contributed by atoms with Gasteiger partial charge in [0.1, 0.15) is 5.75 Å². The molecule has 0 N–H and O–H groups in total. The van der Waals surface area contributed by atoms with E-state index >= 15 is 0 Å². The summed E-state index contributed by atoms with van der Waals surface area (Å²) < 4.78 is 5.30. The fraction of sp³-hybridized carbons (Fsp3) is 0.435. The SMILES string of the molecule is COc1cccc(CCN2CCN(C(=O)C3CC3c3ccccc3)CC2)c1. The molecule has 4 rings (SSSR count). The minimum absolute atomic E-state index is 0.204. The van der Waals surface area contributed by atoms with Crippen LogP contribution in [0.5, 0.6) is 5.75 Å². The number of carbonyl (C=O) groups excluding carboxylic acids is 1. The highest BCUT2D eigenvalue weighted by molar-refractivity contribution is 5.83. The summed E-state index contributed by atoms with van der Waals surface area (Å²) in [6.45, 7) is 4.69. The molecule has 0 bridgehead atoms. The van der Waals surface area contributed by atoms with Crippen LogP contribution in [-0.2, 0) is 11.2 Å². The van der Waals surface area contributed by atoms with Gasteiger partial charge in [0, 0.05) is 38.6 Å². The van der Waals surface area contributed by atoms with Gasteiger partial charge < -0.3 is 9.64 Å². The second-order valence-corrected chi connectivity index (χ2v) is 7.63. The Bertz CT molecular complexity index is 769. The number of benzene rings is 2. The van der Waals surface area contributed by atoms with Gasteiger partial charge in [0.2, 0.25) is 5.91 Å². The minimum Gasteiger partial charge on any atom is -0.497 e. The molecule has 2 aromatic carbocycles. The lowest BCUT2D eigenvalue weighted by molar-refractivity contribution is -0.134. The maximum atomic E-state index is 12.8. The van der Waals surface area contributed by atoms with Gasteiger partial charge in [-0.05, 0) is 42.0 Å². The molecule has 4 nitrogen and oxygen atoms in total. The second-order valence-electron chi connectivity index (χ2n) is 7.63. The van der Waals surface area contributed by atoms with Crippen LogP contribution in [-0.4, -0.2) is 55.5 Å². The lowest BCUT2D eigenvalue weighted by Gasteiger charge is -2.35. The summed E-state index contributed by atoms with van der Waals surface area (Å²) in [5.74, 6) is 1.91. The average molecular weight is 364 g/mol. The summed E-state index contributed by atoms with van der Waals surface area (Å²) in [5.41, 5.74) is 2.62. The molecule has 2 aliphatic rings. The molecule has 1 heterocycles. The Kier molecular flexibility index (Phi) is 5.44. The van der Waals surface area contributed by atoms with E-state index in [1.807, 2.05) is 18.2 Å². The van der Waals surface area contributed by atoms with E-state index in [9.17, 15) is 4.79 Å². The summed E-state index contributed by atoms with van der Waals surface area (Å²) in [6.07, 6.45) is 2.03. The lowest BCUT2D eigenvalue weighted by Crippen LogP contribution is -2.49. The van der Waals surface area contributed by atoms with Crippen LogP contribution >= 0.6 is 0 Å². The molecule has 2 unspecified atom stereocenters. The average Bonchev–Trinajstić information content (AvgIpc) is 3.54. The van der Waals surface area contributed by atoms with Crippen LogP contribution in [0.2, 0.25) is 0 Å². The summed E-state index contributed by atoms with van der Waals surface area (Å²) in [7, 11) is 1.71. The first kappa shape index (κ1) is 18.1. The Morgan fingerprint density at radius 1 is 1.04 bits per heavy atom. The predicted molar refractivity (Wildman–Crippen MR) is 107 cm³/mol. The van der Waals surface area contributed by atoms with Crippen molar-refractivity contribution in [1.82, 2.24) is 9.80 Å². The Balaban J connectivity index is 1.23. The van der Waals surface area contributed by atoms with Crippen molar-refractivity contribution in [2.45, 2.75) is 18.8 Å². The molecule has 1 saturated heterocycles. The van der Waals surface area contributed by atoms with E-state index in [2.05, 4.69) is 46.2 Å². The van der Waals surface area contributed by atoms with Crippen LogP contribution in [0.25, 0.3) is 0 Å². The molecular formula is C23H28N2O2. The molecule has 1 amide bonds. The van der Waals surface area contributed by atoms with Crippen molar-refractivity contribution in [3.63, 3.8) is 0 Å². The zero-order valence-electron chi connectivity index (χ0n) is 16.0. The van der Waals surface area contributed by atoms with Crippen LogP contribution in [0.4, 0.5) is 0 Å². The maximum Gasteiger partial charge on any atom is 0.226 e. The number of hydrogen-bond donors (Lipinski definition) is 0. The Hall–Kier alpha value is -2.33. The molecule has 27 heavy (non-hydrogen) atoms. The molecule has 0 spiro atoms. The number of carbonyl (C=O) groups is 1. The van der Waals surface area contributed by atoms with E-state index in [1.54, 1.807) is 7.11 Å². The largest absolute Gasteiger partial charge is 0.497 e. The van der Waals surface area contributed by atoms with Gasteiger partial charge >= 0.3 is 0 Å². The third-order valence-corrected chi connectivity index (χ3v) is 5.87. The number of piperazine rings is 1. The van der Waals surface area contributed by atoms with Crippen LogP contribution in [0.15, 0.2) is 54.6 Å². The number of ether oxygens (including phenoxy) is 1. The van der Waals surface area contributed by atoms with E-state index in [4.69, 9.17) is 4.74 Å². The zero-order valence-corrected chi connectivity index (χ0v) is 16.0. The van der Waals surface area contributed by atoms with Crippen molar-refractivity contribution in [3.05, 3.63) is 65.7 Å². The maximum absolute atomic E-state index is 12.8. The van der Waals surface area contributed by atoms with E-state index < -0.39 is 0 Å². The van der Waals surface area contributed by atoms with Crippen LogP contribution in [0.1, 0.15) is 23.5 Å². The van der Waals surface area contributed by atoms with Gasteiger partial charge in [0.25, 0.3) is 0 Å². The fourth-order valence-electron chi connectivity index (χ4n) is 4.08. The Morgan fingerprint density at radius 3 is 2.56 bits per heavy atom. The highest BCUT2D eigenvalue weighted by atomic mass is 16.5. The number of amides is 1. The number of rotatable bonds is 6. The topological polar surface area (TPSA) is 32.8 Å². The van der Waals surface area contributed by atoms with E-state index in [0.717, 1.165) is 51.3 Å². The summed E-state index contributed by atoms with van der Waals surface area (Å²) >= 11 is 0. The van der Waals surface area contributed by atoms with Gasteiger partial charge in [-0.15, -0.1) is 0 Å². The Labute approximate surface area is 161 Å². The molecule has 1 aliphatic carbocycles. The third-order valence-electron chi connectivity index (χ3n) is 5.87. The lowest BCUT2D eigenvalue weighted by atomic mass is 10.1. The van der Waals surface area contributed by atoms with Crippen LogP contribution in [0, 0.1) is 5.92 Å². The van der Waals surface area contributed by atoms with Crippen molar-refractivity contribution in [2.24, 2.45) is 5.92 Å². The van der Waals surface area contributed by atoms with Crippen molar-refractivity contribution in [1.29, 1.82) is 0 Å². The monoisotopic (exact) mass is 364 g/mol. The molecule has 0 radical (unpaired) electrons. The third kappa shape index (κ3) is 4.33. The van der Waals surface area contributed by atoms with Gasteiger partial charge in [0.05, 0.1) is 7.11 Å². The normalized spacial score (nSPS) is 22.5. The van der Waals surface area contributed by atoms with Crippen molar-refractivity contribution >= 4 is 5.91 Å². The van der Waals surface area contributed by atoms with Gasteiger partial charge in [-0.3, -0.25) is 9.69 Å². The number of nitrogens with zero attached hydrogens (tertiary/aromatic N) is 2. The molecule has 1 aliphatic heterocycles. The molecule has 1 saturated carbocycles. The standard InChI is InChI=1S/C23H28N2O2/c1-27-20-9-5-6-18(16-20)10-11-24-12-14-25(15-13-24)23(26)22-17-21(22)19-7-3-2-4-8-19/h2-9,16,21-22H,10-15,17H2,1H3. The fourth-order valence-corrected chi connectivity index (χ4v) is 4.08. The van der Waals surface area contributed by atoms with Crippen molar-refractivity contribution in [2.75, 3.05) is 39.8 Å². The number of hydrogen-bond acceptors (Lipinski definition) is 3. The van der Waals surface area contributed by atoms with E-state index in [-0.39, 0.29) is 5.92 Å². The first-order valence-electron chi connectivity index (χ1n) is 9.93. The zero-order chi connectivity index (χ0) is 18.6. The predicted octanol–water partition coefficient (Wildman–Crippen LogP) is 3.19. The van der Waals surface area contributed by atoms with Crippen molar-refractivity contribution < 1.29 is 9.53 Å².